The molecule has 0 amide bonds. The Morgan fingerprint density at radius 3 is 2.69 bits per heavy atom. The number of aryl methyl sites for hydroxylation is 1. The van der Waals surface area contributed by atoms with Crippen molar-refractivity contribution in [3.63, 3.8) is 0 Å². The Balaban J connectivity index is 2.02. The van der Waals surface area contributed by atoms with E-state index < -0.39 is 0 Å². The molecule has 1 heteroatoms. The lowest BCUT2D eigenvalue weighted by Gasteiger charge is -2.22. The zero-order valence-corrected chi connectivity index (χ0v) is 10.3. The zero-order chi connectivity index (χ0) is 11.5. The lowest BCUT2D eigenvalue weighted by molar-refractivity contribution is 0.0900. The van der Waals surface area contributed by atoms with E-state index in [4.69, 9.17) is 0 Å². The number of hydrogen-bond acceptors (Lipinski definition) is 1. The van der Waals surface area contributed by atoms with Crippen molar-refractivity contribution in [2.75, 3.05) is 0 Å². The first-order chi connectivity index (χ1) is 7.68. The average molecular weight is 218 g/mol. The predicted octanol–water partition coefficient (Wildman–Crippen LogP) is 3.33. The first kappa shape index (κ1) is 11.7. The summed E-state index contributed by atoms with van der Waals surface area (Å²) in [4.78, 5) is 0. The third kappa shape index (κ3) is 2.46. The van der Waals surface area contributed by atoms with E-state index in [9.17, 15) is 5.11 Å². The van der Waals surface area contributed by atoms with E-state index in [2.05, 4.69) is 38.1 Å². The summed E-state index contributed by atoms with van der Waals surface area (Å²) in [6.45, 7) is 4.40. The lowest BCUT2D eigenvalue weighted by Crippen LogP contribution is -2.25. The monoisotopic (exact) mass is 218 g/mol. The SMILES string of the molecule is Cc1ccccc1CC(O)C1CCCC1C. The van der Waals surface area contributed by atoms with E-state index in [0.717, 1.165) is 6.42 Å². The molecular weight excluding hydrogens is 196 g/mol. The van der Waals surface area contributed by atoms with Crippen molar-refractivity contribution in [3.05, 3.63) is 35.4 Å². The summed E-state index contributed by atoms with van der Waals surface area (Å²) in [6.07, 6.45) is 4.45. The Hall–Kier alpha value is -0.820. The Kier molecular flexibility index (Phi) is 3.65. The summed E-state index contributed by atoms with van der Waals surface area (Å²) in [5.41, 5.74) is 2.60. The number of rotatable bonds is 3. The highest BCUT2D eigenvalue weighted by Crippen LogP contribution is 2.34. The van der Waals surface area contributed by atoms with Crippen molar-refractivity contribution >= 4 is 0 Å². The van der Waals surface area contributed by atoms with Gasteiger partial charge in [0.05, 0.1) is 6.10 Å². The van der Waals surface area contributed by atoms with Crippen LogP contribution in [-0.2, 0) is 6.42 Å². The van der Waals surface area contributed by atoms with E-state index in [1.54, 1.807) is 0 Å². The van der Waals surface area contributed by atoms with Crippen LogP contribution in [-0.4, -0.2) is 11.2 Å². The van der Waals surface area contributed by atoms with Gasteiger partial charge in [0.1, 0.15) is 0 Å². The van der Waals surface area contributed by atoms with Crippen molar-refractivity contribution in [2.24, 2.45) is 11.8 Å². The molecule has 1 fully saturated rings. The molecule has 0 heterocycles. The molecule has 3 unspecified atom stereocenters. The van der Waals surface area contributed by atoms with Gasteiger partial charge in [-0.2, -0.15) is 0 Å². The molecule has 1 saturated carbocycles. The molecule has 1 aliphatic rings. The first-order valence-electron chi connectivity index (χ1n) is 6.41. The quantitative estimate of drug-likeness (QED) is 0.825. The van der Waals surface area contributed by atoms with Gasteiger partial charge in [0.15, 0.2) is 0 Å². The van der Waals surface area contributed by atoms with E-state index in [0.29, 0.717) is 11.8 Å². The zero-order valence-electron chi connectivity index (χ0n) is 10.3. The summed E-state index contributed by atoms with van der Waals surface area (Å²) in [7, 11) is 0. The first-order valence-corrected chi connectivity index (χ1v) is 6.41. The Morgan fingerprint density at radius 2 is 2.06 bits per heavy atom. The fourth-order valence-electron chi connectivity index (χ4n) is 2.96. The molecule has 88 valence electrons. The minimum absolute atomic E-state index is 0.154. The Bertz CT molecular complexity index is 345. The minimum atomic E-state index is -0.154. The van der Waals surface area contributed by atoms with Crippen molar-refractivity contribution in [3.8, 4) is 0 Å². The van der Waals surface area contributed by atoms with Crippen LogP contribution in [0.1, 0.15) is 37.3 Å². The van der Waals surface area contributed by atoms with E-state index in [1.165, 1.54) is 30.4 Å². The molecule has 0 aliphatic heterocycles. The van der Waals surface area contributed by atoms with Gasteiger partial charge in [-0.15, -0.1) is 0 Å². The largest absolute Gasteiger partial charge is 0.392 e. The summed E-state index contributed by atoms with van der Waals surface area (Å²) >= 11 is 0. The van der Waals surface area contributed by atoms with Crippen LogP contribution in [0.25, 0.3) is 0 Å². The van der Waals surface area contributed by atoms with Crippen molar-refractivity contribution in [2.45, 2.75) is 45.6 Å². The third-order valence-corrected chi connectivity index (χ3v) is 4.11. The topological polar surface area (TPSA) is 20.2 Å². The second kappa shape index (κ2) is 5.01. The van der Waals surface area contributed by atoms with Crippen LogP contribution in [0.2, 0.25) is 0 Å². The summed E-state index contributed by atoms with van der Waals surface area (Å²) in [5.74, 6) is 1.21. The van der Waals surface area contributed by atoms with Crippen LogP contribution >= 0.6 is 0 Å². The standard InChI is InChI=1S/C15H22O/c1-11-6-3-4-8-13(11)10-15(16)14-9-5-7-12(14)2/h3-4,6,8,12,14-16H,5,7,9-10H2,1-2H3. The Morgan fingerprint density at radius 1 is 1.31 bits per heavy atom. The average Bonchev–Trinajstić information content (AvgIpc) is 2.68. The van der Waals surface area contributed by atoms with Crippen molar-refractivity contribution in [1.82, 2.24) is 0 Å². The van der Waals surface area contributed by atoms with Crippen molar-refractivity contribution < 1.29 is 5.11 Å². The highest BCUT2D eigenvalue weighted by atomic mass is 16.3. The highest BCUT2D eigenvalue weighted by molar-refractivity contribution is 5.26. The van der Waals surface area contributed by atoms with Gasteiger partial charge in [0.2, 0.25) is 0 Å². The number of aliphatic hydroxyl groups excluding tert-OH is 1. The molecule has 1 aliphatic carbocycles. The van der Waals surface area contributed by atoms with E-state index in [-0.39, 0.29) is 6.10 Å². The molecule has 1 aromatic rings. The van der Waals surface area contributed by atoms with Gasteiger partial charge in [-0.3, -0.25) is 0 Å². The van der Waals surface area contributed by atoms with Gasteiger partial charge in [-0.1, -0.05) is 44.0 Å². The van der Waals surface area contributed by atoms with Gasteiger partial charge in [0.25, 0.3) is 0 Å². The molecule has 1 nitrogen and oxygen atoms in total. The Labute approximate surface area is 98.5 Å². The lowest BCUT2D eigenvalue weighted by atomic mass is 9.88. The van der Waals surface area contributed by atoms with Crippen molar-refractivity contribution in [1.29, 1.82) is 0 Å². The molecule has 0 bridgehead atoms. The molecule has 16 heavy (non-hydrogen) atoms. The van der Waals surface area contributed by atoms with Gasteiger partial charge in [0, 0.05) is 0 Å². The molecule has 1 aromatic carbocycles. The molecule has 0 radical (unpaired) electrons. The normalized spacial score (nSPS) is 26.9. The van der Waals surface area contributed by atoms with E-state index in [1.807, 2.05) is 0 Å². The second-order valence-corrected chi connectivity index (χ2v) is 5.27. The maximum atomic E-state index is 10.3. The second-order valence-electron chi connectivity index (χ2n) is 5.27. The van der Waals surface area contributed by atoms with Gasteiger partial charge in [-0.05, 0) is 42.7 Å². The fraction of sp³-hybridized carbons (Fsp3) is 0.600. The van der Waals surface area contributed by atoms with E-state index >= 15 is 0 Å². The molecule has 0 aromatic heterocycles. The fourth-order valence-corrected chi connectivity index (χ4v) is 2.96. The third-order valence-electron chi connectivity index (χ3n) is 4.11. The van der Waals surface area contributed by atoms with Gasteiger partial charge >= 0.3 is 0 Å². The molecule has 0 spiro atoms. The van der Waals surface area contributed by atoms with Crippen LogP contribution in [0.3, 0.4) is 0 Å². The minimum Gasteiger partial charge on any atom is -0.392 e. The summed E-state index contributed by atoms with van der Waals surface area (Å²) in [6, 6.07) is 8.38. The van der Waals surface area contributed by atoms with Gasteiger partial charge in [-0.25, -0.2) is 0 Å². The molecule has 3 atom stereocenters. The smallest absolute Gasteiger partial charge is 0.0611 e. The van der Waals surface area contributed by atoms with Crippen LogP contribution in [0, 0.1) is 18.8 Å². The van der Waals surface area contributed by atoms with Gasteiger partial charge < -0.3 is 5.11 Å². The highest BCUT2D eigenvalue weighted by Gasteiger charge is 2.29. The number of benzene rings is 1. The molecular formula is C15H22O. The summed E-state index contributed by atoms with van der Waals surface area (Å²) in [5, 5.41) is 10.3. The maximum absolute atomic E-state index is 10.3. The van der Waals surface area contributed by atoms with Crippen LogP contribution in [0.5, 0.6) is 0 Å². The number of hydrogen-bond donors (Lipinski definition) is 1. The molecule has 1 N–H and O–H groups in total. The number of aliphatic hydroxyl groups is 1. The maximum Gasteiger partial charge on any atom is 0.0611 e. The molecule has 0 saturated heterocycles. The van der Waals surface area contributed by atoms with Crippen LogP contribution < -0.4 is 0 Å². The van der Waals surface area contributed by atoms with Crippen LogP contribution in [0.15, 0.2) is 24.3 Å². The summed E-state index contributed by atoms with van der Waals surface area (Å²) < 4.78 is 0. The predicted molar refractivity (Wildman–Crippen MR) is 67.4 cm³/mol. The molecule has 2 rings (SSSR count). The van der Waals surface area contributed by atoms with Crippen LogP contribution in [0.4, 0.5) is 0 Å².